The molecule has 0 aliphatic carbocycles. The molecule has 15 heavy (non-hydrogen) atoms. The maximum Gasteiger partial charge on any atom is 0.310 e. The highest BCUT2D eigenvalue weighted by molar-refractivity contribution is 5.81. The van der Waals surface area contributed by atoms with Crippen molar-refractivity contribution in [1.82, 2.24) is 4.90 Å². The average molecular weight is 213 g/mol. The Balaban J connectivity index is 1.71. The van der Waals surface area contributed by atoms with Gasteiger partial charge in [-0.3, -0.25) is 9.59 Å². The van der Waals surface area contributed by atoms with Crippen LogP contribution >= 0.6 is 0 Å². The lowest BCUT2D eigenvalue weighted by Gasteiger charge is -2.37. The average Bonchev–Trinajstić information content (AvgIpc) is 2.52. The molecule has 2 rings (SSSR count). The van der Waals surface area contributed by atoms with Gasteiger partial charge in [0.25, 0.3) is 0 Å². The minimum atomic E-state index is -0.809. The van der Waals surface area contributed by atoms with Gasteiger partial charge in [0.15, 0.2) is 0 Å². The van der Waals surface area contributed by atoms with Gasteiger partial charge in [0, 0.05) is 19.7 Å². The number of ether oxygens (including phenoxy) is 1. The number of likely N-dealkylation sites (tertiary alicyclic amines) is 1. The van der Waals surface area contributed by atoms with E-state index in [1.807, 2.05) is 0 Å². The first-order valence-electron chi connectivity index (χ1n) is 5.29. The van der Waals surface area contributed by atoms with Gasteiger partial charge >= 0.3 is 5.97 Å². The second-order valence-electron chi connectivity index (χ2n) is 4.17. The van der Waals surface area contributed by atoms with Crippen LogP contribution in [0.1, 0.15) is 19.3 Å². The summed E-state index contributed by atoms with van der Waals surface area (Å²) in [4.78, 5) is 23.7. The van der Waals surface area contributed by atoms with E-state index in [0.29, 0.717) is 19.5 Å². The lowest BCUT2D eigenvalue weighted by atomic mass is 9.99. The van der Waals surface area contributed by atoms with Crippen molar-refractivity contribution in [2.24, 2.45) is 5.92 Å². The molecular formula is C10H15NO4. The number of carboxylic acid groups (broad SMARTS) is 1. The van der Waals surface area contributed by atoms with Crippen LogP contribution in [0.3, 0.4) is 0 Å². The van der Waals surface area contributed by atoms with Gasteiger partial charge in [0.1, 0.15) is 0 Å². The fourth-order valence-electron chi connectivity index (χ4n) is 1.97. The highest BCUT2D eigenvalue weighted by atomic mass is 16.5. The predicted molar refractivity (Wildman–Crippen MR) is 51.3 cm³/mol. The summed E-state index contributed by atoms with van der Waals surface area (Å²) in [6.07, 6.45) is 2.44. The molecule has 2 fully saturated rings. The van der Waals surface area contributed by atoms with Crippen LogP contribution in [0.5, 0.6) is 0 Å². The quantitative estimate of drug-likeness (QED) is 0.722. The van der Waals surface area contributed by atoms with Crippen LogP contribution in [-0.2, 0) is 14.3 Å². The van der Waals surface area contributed by atoms with E-state index in [2.05, 4.69) is 0 Å². The Morgan fingerprint density at radius 1 is 1.40 bits per heavy atom. The Kier molecular flexibility index (Phi) is 2.90. The standard InChI is InChI=1S/C10H15NO4/c12-9(4-8-2-1-3-15-8)11-5-7(6-11)10(13)14/h7-8H,1-6H2,(H,13,14). The van der Waals surface area contributed by atoms with Gasteiger partial charge in [-0.15, -0.1) is 0 Å². The third kappa shape index (κ3) is 2.28. The number of carbonyl (C=O) groups is 2. The first kappa shape index (κ1) is 10.4. The molecule has 0 radical (unpaired) electrons. The summed E-state index contributed by atoms with van der Waals surface area (Å²) < 4.78 is 5.35. The molecule has 5 heteroatoms. The maximum absolute atomic E-state index is 11.6. The van der Waals surface area contributed by atoms with Crippen molar-refractivity contribution < 1.29 is 19.4 Å². The molecule has 5 nitrogen and oxygen atoms in total. The van der Waals surface area contributed by atoms with E-state index in [1.165, 1.54) is 0 Å². The molecule has 0 aromatic heterocycles. The fourth-order valence-corrected chi connectivity index (χ4v) is 1.97. The second-order valence-corrected chi connectivity index (χ2v) is 4.17. The van der Waals surface area contributed by atoms with Crippen LogP contribution in [0.2, 0.25) is 0 Å². The summed E-state index contributed by atoms with van der Waals surface area (Å²) in [6, 6.07) is 0. The lowest BCUT2D eigenvalue weighted by molar-refractivity contribution is -0.153. The predicted octanol–water partition coefficient (Wildman–Crippen LogP) is 0.0985. The Morgan fingerprint density at radius 2 is 2.13 bits per heavy atom. The van der Waals surface area contributed by atoms with Crippen molar-refractivity contribution in [2.75, 3.05) is 19.7 Å². The summed E-state index contributed by atoms with van der Waals surface area (Å²) in [7, 11) is 0. The zero-order valence-electron chi connectivity index (χ0n) is 8.52. The number of hydrogen-bond donors (Lipinski definition) is 1. The van der Waals surface area contributed by atoms with Gasteiger partial charge in [-0.05, 0) is 12.8 Å². The topological polar surface area (TPSA) is 66.8 Å². The van der Waals surface area contributed by atoms with E-state index >= 15 is 0 Å². The third-order valence-electron chi connectivity index (χ3n) is 3.01. The summed E-state index contributed by atoms with van der Waals surface area (Å²) >= 11 is 0. The smallest absolute Gasteiger partial charge is 0.310 e. The van der Waals surface area contributed by atoms with Crippen LogP contribution in [0.4, 0.5) is 0 Å². The van der Waals surface area contributed by atoms with E-state index in [9.17, 15) is 9.59 Å². The van der Waals surface area contributed by atoms with Crippen molar-refractivity contribution in [1.29, 1.82) is 0 Å². The molecule has 0 spiro atoms. The summed E-state index contributed by atoms with van der Waals surface area (Å²) in [5.74, 6) is -1.14. The van der Waals surface area contributed by atoms with Crippen molar-refractivity contribution in [2.45, 2.75) is 25.4 Å². The Hall–Kier alpha value is -1.10. The van der Waals surface area contributed by atoms with Gasteiger partial charge in [-0.1, -0.05) is 0 Å². The Labute approximate surface area is 88.0 Å². The van der Waals surface area contributed by atoms with E-state index in [4.69, 9.17) is 9.84 Å². The lowest BCUT2D eigenvalue weighted by Crippen LogP contribution is -2.53. The second kappa shape index (κ2) is 4.18. The van der Waals surface area contributed by atoms with E-state index < -0.39 is 5.97 Å². The normalized spacial score (nSPS) is 26.4. The molecule has 1 N–H and O–H groups in total. The van der Waals surface area contributed by atoms with Crippen LogP contribution in [0.15, 0.2) is 0 Å². The van der Waals surface area contributed by atoms with Gasteiger partial charge in [0.05, 0.1) is 18.4 Å². The van der Waals surface area contributed by atoms with Crippen molar-refractivity contribution >= 4 is 11.9 Å². The summed E-state index contributed by atoms with van der Waals surface area (Å²) in [5.41, 5.74) is 0. The molecule has 1 atom stereocenters. The molecule has 2 saturated heterocycles. The van der Waals surface area contributed by atoms with Gasteiger partial charge in [-0.2, -0.15) is 0 Å². The van der Waals surface area contributed by atoms with Gasteiger partial charge < -0.3 is 14.7 Å². The monoisotopic (exact) mass is 213 g/mol. The van der Waals surface area contributed by atoms with Crippen molar-refractivity contribution in [3.05, 3.63) is 0 Å². The number of nitrogens with zero attached hydrogens (tertiary/aromatic N) is 1. The maximum atomic E-state index is 11.6. The number of rotatable bonds is 3. The summed E-state index contributed by atoms with van der Waals surface area (Å²) in [5, 5.41) is 8.65. The number of carboxylic acids is 1. The van der Waals surface area contributed by atoms with E-state index in [0.717, 1.165) is 19.4 Å². The van der Waals surface area contributed by atoms with Crippen molar-refractivity contribution in [3.63, 3.8) is 0 Å². The molecular weight excluding hydrogens is 198 g/mol. The number of aliphatic carboxylic acids is 1. The zero-order chi connectivity index (χ0) is 10.8. The third-order valence-corrected chi connectivity index (χ3v) is 3.01. The summed E-state index contributed by atoms with van der Waals surface area (Å²) in [6.45, 7) is 1.47. The van der Waals surface area contributed by atoms with E-state index in [1.54, 1.807) is 4.90 Å². The van der Waals surface area contributed by atoms with Crippen molar-refractivity contribution in [3.8, 4) is 0 Å². The van der Waals surface area contributed by atoms with Crippen LogP contribution in [0, 0.1) is 5.92 Å². The number of hydrogen-bond acceptors (Lipinski definition) is 3. The Morgan fingerprint density at radius 3 is 2.67 bits per heavy atom. The first-order chi connectivity index (χ1) is 7.16. The molecule has 84 valence electrons. The molecule has 2 aliphatic rings. The zero-order valence-corrected chi connectivity index (χ0v) is 8.52. The Bertz CT molecular complexity index is 267. The van der Waals surface area contributed by atoms with Crippen LogP contribution in [-0.4, -0.2) is 47.7 Å². The van der Waals surface area contributed by atoms with E-state index in [-0.39, 0.29) is 17.9 Å². The fraction of sp³-hybridized carbons (Fsp3) is 0.800. The number of amides is 1. The van der Waals surface area contributed by atoms with Gasteiger partial charge in [0.2, 0.25) is 5.91 Å². The molecule has 0 aromatic carbocycles. The highest BCUT2D eigenvalue weighted by Gasteiger charge is 2.36. The minimum Gasteiger partial charge on any atom is -0.481 e. The first-order valence-corrected chi connectivity index (χ1v) is 5.29. The largest absolute Gasteiger partial charge is 0.481 e. The van der Waals surface area contributed by atoms with Crippen LogP contribution < -0.4 is 0 Å². The molecule has 2 aliphatic heterocycles. The SMILES string of the molecule is O=C(O)C1CN(C(=O)CC2CCCO2)C1. The molecule has 2 heterocycles. The molecule has 0 aromatic rings. The molecule has 1 unspecified atom stereocenters. The van der Waals surface area contributed by atoms with Gasteiger partial charge in [-0.25, -0.2) is 0 Å². The van der Waals surface area contributed by atoms with Crippen LogP contribution in [0.25, 0.3) is 0 Å². The minimum absolute atomic E-state index is 0.0272. The highest BCUT2D eigenvalue weighted by Crippen LogP contribution is 2.21. The molecule has 0 bridgehead atoms. The number of carbonyl (C=O) groups excluding carboxylic acids is 1. The molecule has 1 amide bonds. The molecule has 0 saturated carbocycles.